The van der Waals surface area contributed by atoms with Crippen LogP contribution in [0.3, 0.4) is 0 Å². The highest BCUT2D eigenvalue weighted by Crippen LogP contribution is 2.29. The summed E-state index contributed by atoms with van der Waals surface area (Å²) >= 11 is 0. The maximum Gasteiger partial charge on any atom is 0.408 e. The van der Waals surface area contributed by atoms with Crippen molar-refractivity contribution in [1.29, 1.82) is 0 Å². The van der Waals surface area contributed by atoms with E-state index in [0.29, 0.717) is 18.4 Å². The van der Waals surface area contributed by atoms with Gasteiger partial charge in [-0.25, -0.2) is 9.59 Å². The number of rotatable bonds is 15. The van der Waals surface area contributed by atoms with E-state index in [2.05, 4.69) is 17.6 Å². The van der Waals surface area contributed by atoms with E-state index in [4.69, 9.17) is 9.47 Å². The Morgan fingerprint density at radius 3 is 1.98 bits per heavy atom. The number of nitrogens with one attached hydrogen (secondary N) is 2. The van der Waals surface area contributed by atoms with Gasteiger partial charge in [0.25, 0.3) is 0 Å². The summed E-state index contributed by atoms with van der Waals surface area (Å²) in [4.78, 5) is 57.5. The molecule has 2 aromatic rings. The van der Waals surface area contributed by atoms with Crippen LogP contribution in [0, 0.1) is 19.8 Å². The molecule has 266 valence electrons. The van der Waals surface area contributed by atoms with Crippen LogP contribution in [0.25, 0.3) is 0 Å². The molecule has 0 aromatic heterocycles. The Morgan fingerprint density at radius 2 is 1.42 bits per heavy atom. The molecule has 0 aliphatic carbocycles. The number of esters is 1. The van der Waals surface area contributed by atoms with Crippen LogP contribution in [0.15, 0.2) is 48.5 Å². The number of hydrogen-bond donors (Lipinski definition) is 2. The first-order valence-corrected chi connectivity index (χ1v) is 17.3. The fourth-order valence-corrected chi connectivity index (χ4v) is 5.43. The molecule has 3 atom stereocenters. The Balaban J connectivity index is 2.68. The smallest absolute Gasteiger partial charge is 0.408 e. The molecular weight excluding hydrogens is 606 g/mol. The monoisotopic (exact) mass is 665 g/mol. The van der Waals surface area contributed by atoms with Crippen LogP contribution in [-0.4, -0.2) is 58.6 Å². The zero-order valence-electron chi connectivity index (χ0n) is 31.1. The molecule has 0 radical (unpaired) electrons. The van der Waals surface area contributed by atoms with Crippen LogP contribution in [0.2, 0.25) is 0 Å². The first kappa shape index (κ1) is 40.3. The van der Waals surface area contributed by atoms with Crippen LogP contribution in [0.1, 0.15) is 116 Å². The second-order valence-electron chi connectivity index (χ2n) is 15.0. The van der Waals surface area contributed by atoms with Gasteiger partial charge in [-0.15, -0.1) is 0 Å². The first-order valence-electron chi connectivity index (χ1n) is 17.3. The lowest BCUT2D eigenvalue weighted by Crippen LogP contribution is -2.55. The van der Waals surface area contributed by atoms with Crippen molar-refractivity contribution in [2.45, 2.75) is 138 Å². The number of benzene rings is 2. The van der Waals surface area contributed by atoms with Gasteiger partial charge >= 0.3 is 12.1 Å². The van der Waals surface area contributed by atoms with Crippen molar-refractivity contribution < 1.29 is 28.7 Å². The van der Waals surface area contributed by atoms with Crippen molar-refractivity contribution in [2.75, 3.05) is 6.54 Å². The molecule has 48 heavy (non-hydrogen) atoms. The minimum atomic E-state index is -1.08. The number of hydrogen-bond acceptors (Lipinski definition) is 6. The van der Waals surface area contributed by atoms with Crippen molar-refractivity contribution in [3.8, 4) is 0 Å². The molecule has 0 aliphatic heterocycles. The average Bonchev–Trinajstić information content (AvgIpc) is 2.96. The predicted octanol–water partition coefficient (Wildman–Crippen LogP) is 7.37. The first-order chi connectivity index (χ1) is 22.3. The van der Waals surface area contributed by atoms with Crippen LogP contribution in [-0.2, 0) is 30.3 Å². The molecule has 0 bridgehead atoms. The maximum absolute atomic E-state index is 14.7. The molecule has 0 aliphatic rings. The summed E-state index contributed by atoms with van der Waals surface area (Å²) in [6.07, 6.45) is 2.26. The van der Waals surface area contributed by atoms with Gasteiger partial charge < -0.3 is 25.0 Å². The van der Waals surface area contributed by atoms with E-state index in [0.717, 1.165) is 29.5 Å². The van der Waals surface area contributed by atoms with E-state index >= 15 is 0 Å². The van der Waals surface area contributed by atoms with Crippen molar-refractivity contribution in [3.63, 3.8) is 0 Å². The number of carbonyl (C=O) groups is 4. The summed E-state index contributed by atoms with van der Waals surface area (Å²) in [6, 6.07) is 12.1. The highest BCUT2D eigenvalue weighted by atomic mass is 16.6. The molecule has 9 nitrogen and oxygen atoms in total. The lowest BCUT2D eigenvalue weighted by atomic mass is 9.93. The number of carbonyl (C=O) groups excluding carboxylic acids is 4. The molecular formula is C39H59N3O6. The third kappa shape index (κ3) is 13.3. The maximum atomic E-state index is 14.7. The topological polar surface area (TPSA) is 114 Å². The summed E-state index contributed by atoms with van der Waals surface area (Å²) in [6.45, 7) is 20.8. The second-order valence-corrected chi connectivity index (χ2v) is 15.0. The summed E-state index contributed by atoms with van der Waals surface area (Å²) in [5.41, 5.74) is 1.80. The van der Waals surface area contributed by atoms with Crippen LogP contribution in [0.5, 0.6) is 0 Å². The van der Waals surface area contributed by atoms with Gasteiger partial charge in [0.2, 0.25) is 11.8 Å². The van der Waals surface area contributed by atoms with Gasteiger partial charge in [0.15, 0.2) is 0 Å². The van der Waals surface area contributed by atoms with Crippen LogP contribution < -0.4 is 10.6 Å². The zero-order chi connectivity index (χ0) is 36.2. The molecule has 0 heterocycles. The minimum absolute atomic E-state index is 0.0572. The fraction of sp³-hybridized carbons (Fsp3) is 0.590. The molecule has 2 aromatic carbocycles. The van der Waals surface area contributed by atoms with Crippen LogP contribution in [0.4, 0.5) is 4.79 Å². The van der Waals surface area contributed by atoms with Gasteiger partial charge in [0.1, 0.15) is 29.3 Å². The Hall–Kier alpha value is -3.88. The van der Waals surface area contributed by atoms with Gasteiger partial charge in [-0.1, -0.05) is 82.1 Å². The van der Waals surface area contributed by atoms with E-state index in [-0.39, 0.29) is 24.8 Å². The van der Waals surface area contributed by atoms with Gasteiger partial charge in [-0.2, -0.15) is 0 Å². The number of nitrogens with zero attached hydrogens (tertiary/aromatic N) is 1. The zero-order valence-corrected chi connectivity index (χ0v) is 31.1. The number of alkyl carbamates (subject to hydrolysis) is 1. The van der Waals surface area contributed by atoms with Crippen molar-refractivity contribution >= 4 is 23.9 Å². The summed E-state index contributed by atoms with van der Waals surface area (Å²) < 4.78 is 11.3. The van der Waals surface area contributed by atoms with Gasteiger partial charge in [-0.3, -0.25) is 9.59 Å². The fourth-order valence-electron chi connectivity index (χ4n) is 5.43. The second kappa shape index (κ2) is 18.0. The van der Waals surface area contributed by atoms with E-state index in [1.165, 1.54) is 0 Å². The van der Waals surface area contributed by atoms with Crippen molar-refractivity contribution in [1.82, 2.24) is 15.5 Å². The quantitative estimate of drug-likeness (QED) is 0.152. The molecule has 2 rings (SSSR count). The highest BCUT2D eigenvalue weighted by molar-refractivity contribution is 5.94. The van der Waals surface area contributed by atoms with Crippen LogP contribution >= 0.6 is 0 Å². The normalized spacial score (nSPS) is 13.7. The lowest BCUT2D eigenvalue weighted by Gasteiger charge is -2.36. The largest absolute Gasteiger partial charge is 0.458 e. The number of ether oxygens (including phenoxy) is 2. The standard InChI is InChI=1S/C39H59N3O6/c1-12-13-17-23-42(35(44)31(24-26(2)3)41-37(46)48-39(9,10)11)33(30-22-18-19-27(4)28(30)5)34(43)40-32(36(45)47-38(6,7)8)25-29-20-15-14-16-21-29/h14-16,18-22,26,31-33H,12-13,17,23-25H2,1-11H3,(H,40,43)(H,41,46). The minimum Gasteiger partial charge on any atom is -0.458 e. The van der Waals surface area contributed by atoms with E-state index < -0.39 is 47.3 Å². The average molecular weight is 666 g/mol. The molecule has 0 saturated carbocycles. The highest BCUT2D eigenvalue weighted by Gasteiger charge is 2.39. The third-order valence-corrected chi connectivity index (χ3v) is 7.77. The summed E-state index contributed by atoms with van der Waals surface area (Å²) in [7, 11) is 0. The summed E-state index contributed by atoms with van der Waals surface area (Å²) in [5.74, 6) is -1.39. The lowest BCUT2D eigenvalue weighted by molar-refractivity contribution is -0.159. The molecule has 3 unspecified atom stereocenters. The molecule has 0 saturated heterocycles. The number of unbranched alkanes of at least 4 members (excludes halogenated alkanes) is 2. The van der Waals surface area contributed by atoms with Gasteiger partial charge in [0.05, 0.1) is 0 Å². The Morgan fingerprint density at radius 1 is 0.792 bits per heavy atom. The molecule has 9 heteroatoms. The van der Waals surface area contributed by atoms with Gasteiger partial charge in [0, 0.05) is 13.0 Å². The Labute approximate surface area is 288 Å². The molecule has 3 amide bonds. The van der Waals surface area contributed by atoms with E-state index in [1.54, 1.807) is 46.4 Å². The molecule has 0 fully saturated rings. The Kier molecular flexibility index (Phi) is 15.1. The molecule has 2 N–H and O–H groups in total. The number of aryl methyl sites for hydroxylation is 1. The SMILES string of the molecule is CCCCCN(C(=O)C(CC(C)C)NC(=O)OC(C)(C)C)C(C(=O)NC(Cc1ccccc1)C(=O)OC(C)(C)C)c1cccc(C)c1C. The molecule has 0 spiro atoms. The third-order valence-electron chi connectivity index (χ3n) is 7.77. The van der Waals surface area contributed by atoms with Crippen molar-refractivity contribution in [3.05, 3.63) is 70.8 Å². The van der Waals surface area contributed by atoms with Gasteiger partial charge in [-0.05, 0) is 96.4 Å². The van der Waals surface area contributed by atoms with E-state index in [9.17, 15) is 19.2 Å². The van der Waals surface area contributed by atoms with E-state index in [1.807, 2.05) is 76.2 Å². The number of amides is 3. The summed E-state index contributed by atoms with van der Waals surface area (Å²) in [5, 5.41) is 5.80. The Bertz CT molecular complexity index is 1360. The predicted molar refractivity (Wildman–Crippen MR) is 190 cm³/mol. The van der Waals surface area contributed by atoms with Crippen molar-refractivity contribution in [2.24, 2.45) is 5.92 Å².